The molecule has 0 amide bonds. The zero-order chi connectivity index (χ0) is 11.7. The fourth-order valence-electron chi connectivity index (χ4n) is 3.08. The van der Waals surface area contributed by atoms with Crippen molar-refractivity contribution in [2.24, 2.45) is 0 Å². The molecule has 0 radical (unpaired) electrons. The summed E-state index contributed by atoms with van der Waals surface area (Å²) in [5.41, 5.74) is 1.78. The molecule has 1 fully saturated rings. The minimum absolute atomic E-state index is 0.589. The third-order valence-corrected chi connectivity index (χ3v) is 4.16. The second-order valence-electron chi connectivity index (χ2n) is 5.37. The Morgan fingerprint density at radius 3 is 2.59 bits per heavy atom. The van der Waals surface area contributed by atoms with Crippen molar-refractivity contribution in [2.75, 3.05) is 6.61 Å². The first-order valence-electron chi connectivity index (χ1n) is 6.77. The lowest BCUT2D eigenvalue weighted by Gasteiger charge is -2.27. The van der Waals surface area contributed by atoms with Crippen LogP contribution in [-0.4, -0.2) is 11.7 Å². The van der Waals surface area contributed by atoms with Gasteiger partial charge < -0.3 is 9.84 Å². The van der Waals surface area contributed by atoms with Crippen LogP contribution in [0, 0.1) is 0 Å². The van der Waals surface area contributed by atoms with E-state index in [9.17, 15) is 5.11 Å². The molecular weight excluding hydrogens is 212 g/mol. The predicted octanol–water partition coefficient (Wildman–Crippen LogP) is 3.16. The summed E-state index contributed by atoms with van der Waals surface area (Å²) in [7, 11) is 0. The first-order valence-corrected chi connectivity index (χ1v) is 6.77. The highest BCUT2D eigenvalue weighted by molar-refractivity contribution is 5.41. The van der Waals surface area contributed by atoms with Crippen LogP contribution in [0.5, 0.6) is 5.75 Å². The third-order valence-electron chi connectivity index (χ3n) is 4.16. The van der Waals surface area contributed by atoms with E-state index in [1.807, 2.05) is 6.07 Å². The van der Waals surface area contributed by atoms with Crippen LogP contribution in [-0.2, 0) is 12.0 Å². The molecule has 2 heteroatoms. The average Bonchev–Trinajstić information content (AvgIpc) is 2.70. The van der Waals surface area contributed by atoms with E-state index in [2.05, 4.69) is 12.1 Å². The molecule has 0 saturated heterocycles. The van der Waals surface area contributed by atoms with E-state index in [-0.39, 0.29) is 0 Å². The van der Waals surface area contributed by atoms with E-state index >= 15 is 0 Å². The second-order valence-corrected chi connectivity index (χ2v) is 5.37. The lowest BCUT2D eigenvalue weighted by molar-refractivity contribution is 0.0206. The van der Waals surface area contributed by atoms with Gasteiger partial charge in [0.2, 0.25) is 0 Å². The maximum absolute atomic E-state index is 10.8. The minimum atomic E-state index is -0.589. The van der Waals surface area contributed by atoms with Crippen molar-refractivity contribution >= 4 is 0 Å². The summed E-state index contributed by atoms with van der Waals surface area (Å²) in [6, 6.07) is 6.24. The van der Waals surface area contributed by atoms with Crippen LogP contribution >= 0.6 is 0 Å². The van der Waals surface area contributed by atoms with Crippen LogP contribution in [0.1, 0.15) is 49.7 Å². The summed E-state index contributed by atoms with van der Waals surface area (Å²) in [5, 5.41) is 10.8. The number of hydrogen-bond acceptors (Lipinski definition) is 2. The highest BCUT2D eigenvalue weighted by Crippen LogP contribution is 2.38. The van der Waals surface area contributed by atoms with Gasteiger partial charge in [0.15, 0.2) is 0 Å². The van der Waals surface area contributed by atoms with Gasteiger partial charge in [-0.3, -0.25) is 0 Å². The van der Waals surface area contributed by atoms with Gasteiger partial charge in [-0.25, -0.2) is 0 Å². The normalized spacial score (nSPS) is 22.6. The Morgan fingerprint density at radius 2 is 1.82 bits per heavy atom. The fraction of sp³-hybridized carbons (Fsp3) is 0.600. The predicted molar refractivity (Wildman–Crippen MR) is 67.2 cm³/mol. The molecule has 1 aliphatic heterocycles. The molecule has 1 N–H and O–H groups in total. The van der Waals surface area contributed by atoms with Crippen molar-refractivity contribution < 1.29 is 9.84 Å². The van der Waals surface area contributed by atoms with Gasteiger partial charge in [0, 0.05) is 6.42 Å². The van der Waals surface area contributed by atoms with Crippen molar-refractivity contribution in [3.05, 3.63) is 29.3 Å². The third kappa shape index (κ3) is 2.06. The SMILES string of the molecule is OC1(c2ccc3c(c2)CCO3)CCCCCC1. The Kier molecular flexibility index (Phi) is 2.83. The number of hydrogen-bond donors (Lipinski definition) is 1. The molecule has 1 aromatic rings. The van der Waals surface area contributed by atoms with Crippen LogP contribution in [0.2, 0.25) is 0 Å². The second kappa shape index (κ2) is 4.34. The number of ether oxygens (including phenoxy) is 1. The zero-order valence-electron chi connectivity index (χ0n) is 10.2. The summed E-state index contributed by atoms with van der Waals surface area (Å²) in [6.45, 7) is 0.789. The summed E-state index contributed by atoms with van der Waals surface area (Å²) < 4.78 is 5.52. The molecule has 0 unspecified atom stereocenters. The maximum atomic E-state index is 10.8. The van der Waals surface area contributed by atoms with E-state index in [1.54, 1.807) is 0 Å². The number of aliphatic hydroxyl groups is 1. The zero-order valence-corrected chi connectivity index (χ0v) is 10.2. The monoisotopic (exact) mass is 232 g/mol. The maximum Gasteiger partial charge on any atom is 0.122 e. The molecule has 0 spiro atoms. The van der Waals surface area contributed by atoms with E-state index in [0.29, 0.717) is 0 Å². The molecular formula is C15H20O2. The van der Waals surface area contributed by atoms with Crippen LogP contribution in [0.3, 0.4) is 0 Å². The molecule has 0 aromatic heterocycles. The van der Waals surface area contributed by atoms with Crippen LogP contribution in [0.15, 0.2) is 18.2 Å². The van der Waals surface area contributed by atoms with Crippen molar-refractivity contribution in [3.63, 3.8) is 0 Å². The Balaban J connectivity index is 1.91. The molecule has 2 aliphatic rings. The van der Waals surface area contributed by atoms with Crippen molar-refractivity contribution in [2.45, 2.75) is 50.5 Å². The van der Waals surface area contributed by atoms with E-state index < -0.39 is 5.60 Å². The summed E-state index contributed by atoms with van der Waals surface area (Å²) >= 11 is 0. The van der Waals surface area contributed by atoms with Crippen LogP contribution in [0.25, 0.3) is 0 Å². The molecule has 0 bridgehead atoms. The van der Waals surface area contributed by atoms with Gasteiger partial charge in [-0.2, -0.15) is 0 Å². The molecule has 1 aromatic carbocycles. The number of rotatable bonds is 1. The average molecular weight is 232 g/mol. The van der Waals surface area contributed by atoms with Gasteiger partial charge in [-0.05, 0) is 36.1 Å². The Labute approximate surface area is 103 Å². The lowest BCUT2D eigenvalue weighted by Crippen LogP contribution is -2.24. The van der Waals surface area contributed by atoms with Gasteiger partial charge >= 0.3 is 0 Å². The summed E-state index contributed by atoms with van der Waals surface area (Å²) in [4.78, 5) is 0. The standard InChI is InChI=1S/C15H20O2/c16-15(8-3-1-2-4-9-15)13-5-6-14-12(11-13)7-10-17-14/h5-6,11,16H,1-4,7-10H2. The fourth-order valence-corrected chi connectivity index (χ4v) is 3.08. The molecule has 1 heterocycles. The quantitative estimate of drug-likeness (QED) is 0.754. The number of benzene rings is 1. The van der Waals surface area contributed by atoms with Crippen molar-refractivity contribution in [1.82, 2.24) is 0 Å². The van der Waals surface area contributed by atoms with Crippen LogP contribution < -0.4 is 4.74 Å². The van der Waals surface area contributed by atoms with Crippen molar-refractivity contribution in [1.29, 1.82) is 0 Å². The Morgan fingerprint density at radius 1 is 1.06 bits per heavy atom. The first-order chi connectivity index (χ1) is 8.28. The molecule has 2 nitrogen and oxygen atoms in total. The molecule has 3 rings (SSSR count). The Hall–Kier alpha value is -1.02. The molecule has 0 atom stereocenters. The topological polar surface area (TPSA) is 29.5 Å². The molecule has 92 valence electrons. The molecule has 1 aliphatic carbocycles. The first kappa shape index (κ1) is 11.1. The van der Waals surface area contributed by atoms with Crippen LogP contribution in [0.4, 0.5) is 0 Å². The van der Waals surface area contributed by atoms with E-state index in [0.717, 1.165) is 50.0 Å². The molecule has 17 heavy (non-hydrogen) atoms. The van der Waals surface area contributed by atoms with Gasteiger partial charge in [0.25, 0.3) is 0 Å². The van der Waals surface area contributed by atoms with Crippen molar-refractivity contribution in [3.8, 4) is 5.75 Å². The highest BCUT2D eigenvalue weighted by Gasteiger charge is 2.30. The largest absolute Gasteiger partial charge is 0.493 e. The lowest BCUT2D eigenvalue weighted by atomic mass is 9.85. The van der Waals surface area contributed by atoms with Gasteiger partial charge in [-0.15, -0.1) is 0 Å². The van der Waals surface area contributed by atoms with Gasteiger partial charge in [-0.1, -0.05) is 31.7 Å². The summed E-state index contributed by atoms with van der Waals surface area (Å²) in [5.74, 6) is 1.01. The molecule has 1 saturated carbocycles. The van der Waals surface area contributed by atoms with Gasteiger partial charge in [0.1, 0.15) is 5.75 Å². The highest BCUT2D eigenvalue weighted by atomic mass is 16.5. The minimum Gasteiger partial charge on any atom is -0.493 e. The van der Waals surface area contributed by atoms with Gasteiger partial charge in [0.05, 0.1) is 12.2 Å². The Bertz CT molecular complexity index is 403. The smallest absolute Gasteiger partial charge is 0.122 e. The van der Waals surface area contributed by atoms with E-state index in [1.165, 1.54) is 18.4 Å². The summed E-state index contributed by atoms with van der Waals surface area (Å²) in [6.07, 6.45) is 7.61. The van der Waals surface area contributed by atoms with E-state index in [4.69, 9.17) is 4.74 Å². The number of fused-ring (bicyclic) bond motifs is 1.